The van der Waals surface area contributed by atoms with Crippen LogP contribution >= 0.6 is 0 Å². The highest BCUT2D eigenvalue weighted by Gasteiger charge is 2.00. The molecule has 0 radical (unpaired) electrons. The van der Waals surface area contributed by atoms with Crippen LogP contribution in [0.1, 0.15) is 25.5 Å². The third-order valence-electron chi connectivity index (χ3n) is 2.37. The third kappa shape index (κ3) is 6.68. The number of hydrogen-bond donors (Lipinski definition) is 0. The summed E-state index contributed by atoms with van der Waals surface area (Å²) in [5.41, 5.74) is 0.833. The second-order valence-corrected chi connectivity index (χ2v) is 3.98. The quantitative estimate of drug-likeness (QED) is 0.559. The largest absolute Gasteiger partial charge is 0.382 e. The van der Waals surface area contributed by atoms with E-state index < -0.39 is 0 Å². The number of hydrogen-bond acceptors (Lipinski definition) is 5. The molecule has 104 valence electrons. The molecule has 0 bridgehead atoms. The lowest BCUT2D eigenvalue weighted by Crippen LogP contribution is -2.07. The van der Waals surface area contributed by atoms with Gasteiger partial charge >= 0.3 is 0 Å². The van der Waals surface area contributed by atoms with Crippen molar-refractivity contribution in [3.8, 4) is 0 Å². The van der Waals surface area contributed by atoms with Gasteiger partial charge in [0.1, 0.15) is 5.69 Å². The maximum atomic E-state index is 5.46. The van der Waals surface area contributed by atoms with Crippen LogP contribution in [-0.4, -0.2) is 48.5 Å². The van der Waals surface area contributed by atoms with Crippen molar-refractivity contribution in [1.29, 1.82) is 0 Å². The SMILES string of the molecule is CCCCOCCn1cc(COCCOC)nn1. The predicted octanol–water partition coefficient (Wildman–Crippen LogP) is 1.26. The second kappa shape index (κ2) is 9.99. The summed E-state index contributed by atoms with van der Waals surface area (Å²) in [5, 5.41) is 8.03. The Morgan fingerprint density at radius 2 is 2.06 bits per heavy atom. The van der Waals surface area contributed by atoms with E-state index in [4.69, 9.17) is 14.2 Å². The first-order valence-corrected chi connectivity index (χ1v) is 6.40. The lowest BCUT2D eigenvalue weighted by molar-refractivity contribution is 0.0601. The Morgan fingerprint density at radius 3 is 2.83 bits per heavy atom. The minimum Gasteiger partial charge on any atom is -0.382 e. The van der Waals surface area contributed by atoms with E-state index in [0.29, 0.717) is 26.4 Å². The van der Waals surface area contributed by atoms with Gasteiger partial charge in [0.2, 0.25) is 0 Å². The molecule has 6 nitrogen and oxygen atoms in total. The van der Waals surface area contributed by atoms with E-state index in [-0.39, 0.29) is 0 Å². The summed E-state index contributed by atoms with van der Waals surface area (Å²) >= 11 is 0. The van der Waals surface area contributed by atoms with Crippen molar-refractivity contribution in [3.05, 3.63) is 11.9 Å². The first-order chi connectivity index (χ1) is 8.86. The molecule has 1 aromatic heterocycles. The zero-order chi connectivity index (χ0) is 13.1. The average molecular weight is 257 g/mol. The Labute approximate surface area is 108 Å². The molecule has 18 heavy (non-hydrogen) atoms. The van der Waals surface area contributed by atoms with Gasteiger partial charge in [0.15, 0.2) is 0 Å². The van der Waals surface area contributed by atoms with Crippen LogP contribution in [0.25, 0.3) is 0 Å². The smallest absolute Gasteiger partial charge is 0.108 e. The highest BCUT2D eigenvalue weighted by molar-refractivity contribution is 4.89. The van der Waals surface area contributed by atoms with Crippen LogP contribution in [-0.2, 0) is 27.4 Å². The fourth-order valence-corrected chi connectivity index (χ4v) is 1.34. The number of aromatic nitrogens is 3. The summed E-state index contributed by atoms with van der Waals surface area (Å²) in [7, 11) is 1.65. The monoisotopic (exact) mass is 257 g/mol. The molecule has 0 aliphatic rings. The van der Waals surface area contributed by atoms with E-state index in [1.54, 1.807) is 11.8 Å². The molecule has 1 heterocycles. The fraction of sp³-hybridized carbons (Fsp3) is 0.833. The van der Waals surface area contributed by atoms with Crippen LogP contribution in [0.2, 0.25) is 0 Å². The topological polar surface area (TPSA) is 58.4 Å². The molecule has 6 heteroatoms. The molecule has 0 aliphatic heterocycles. The highest BCUT2D eigenvalue weighted by atomic mass is 16.5. The standard InChI is InChI=1S/C12H23N3O3/c1-3-4-6-17-7-5-15-10-12(13-14-15)11-18-9-8-16-2/h10H,3-9,11H2,1-2H3. The number of unbranched alkanes of at least 4 members (excludes halogenated alkanes) is 1. The molecule has 0 spiro atoms. The van der Waals surface area contributed by atoms with Gasteiger partial charge in [-0.15, -0.1) is 5.10 Å². The predicted molar refractivity (Wildman–Crippen MR) is 67.3 cm³/mol. The molecule has 0 atom stereocenters. The number of methoxy groups -OCH3 is 1. The van der Waals surface area contributed by atoms with Crippen molar-refractivity contribution in [2.45, 2.75) is 32.9 Å². The van der Waals surface area contributed by atoms with Crippen LogP contribution < -0.4 is 0 Å². The summed E-state index contributed by atoms with van der Waals surface area (Å²) in [6, 6.07) is 0. The van der Waals surface area contributed by atoms with Crippen molar-refractivity contribution >= 4 is 0 Å². The number of ether oxygens (including phenoxy) is 3. The van der Waals surface area contributed by atoms with E-state index in [1.165, 1.54) is 0 Å². The van der Waals surface area contributed by atoms with Gasteiger partial charge in [-0.1, -0.05) is 18.6 Å². The molecule has 0 fully saturated rings. The van der Waals surface area contributed by atoms with Crippen LogP contribution in [0.5, 0.6) is 0 Å². The Kier molecular flexibility index (Phi) is 8.37. The van der Waals surface area contributed by atoms with Crippen molar-refractivity contribution in [3.63, 3.8) is 0 Å². The third-order valence-corrected chi connectivity index (χ3v) is 2.37. The minimum atomic E-state index is 0.472. The van der Waals surface area contributed by atoms with E-state index in [1.807, 2.05) is 6.20 Å². The van der Waals surface area contributed by atoms with Crippen molar-refractivity contribution in [1.82, 2.24) is 15.0 Å². The Balaban J connectivity index is 2.10. The summed E-state index contributed by atoms with van der Waals surface area (Å²) in [6.07, 6.45) is 4.15. The Morgan fingerprint density at radius 1 is 1.17 bits per heavy atom. The lowest BCUT2D eigenvalue weighted by Gasteiger charge is -2.02. The molecule has 0 aliphatic carbocycles. The van der Waals surface area contributed by atoms with Gasteiger partial charge in [-0.2, -0.15) is 0 Å². The van der Waals surface area contributed by atoms with Crippen LogP contribution in [0.3, 0.4) is 0 Å². The number of rotatable bonds is 11. The maximum Gasteiger partial charge on any atom is 0.108 e. The van der Waals surface area contributed by atoms with Gasteiger partial charge in [0, 0.05) is 13.7 Å². The Bertz CT molecular complexity index is 305. The molecule has 0 aromatic carbocycles. The molecule has 0 amide bonds. The van der Waals surface area contributed by atoms with E-state index >= 15 is 0 Å². The van der Waals surface area contributed by atoms with Gasteiger partial charge in [-0.3, -0.25) is 0 Å². The summed E-state index contributed by atoms with van der Waals surface area (Å²) in [5.74, 6) is 0. The average Bonchev–Trinajstić information content (AvgIpc) is 2.82. The molecule has 1 aromatic rings. The van der Waals surface area contributed by atoms with Crippen molar-refractivity contribution in [2.75, 3.05) is 33.5 Å². The first-order valence-electron chi connectivity index (χ1n) is 6.40. The molecule has 0 saturated heterocycles. The second-order valence-electron chi connectivity index (χ2n) is 3.98. The van der Waals surface area contributed by atoms with Gasteiger partial charge < -0.3 is 14.2 Å². The fourth-order valence-electron chi connectivity index (χ4n) is 1.34. The van der Waals surface area contributed by atoms with E-state index in [2.05, 4.69) is 17.2 Å². The summed E-state index contributed by atoms with van der Waals surface area (Å²) in [6.45, 7) is 6.01. The van der Waals surface area contributed by atoms with Crippen LogP contribution in [0.15, 0.2) is 6.20 Å². The Hall–Kier alpha value is -0.980. The molecule has 0 saturated carbocycles. The molecule has 0 N–H and O–H groups in total. The van der Waals surface area contributed by atoms with Crippen molar-refractivity contribution < 1.29 is 14.2 Å². The molecule has 1 rings (SSSR count). The molecule has 0 unspecified atom stereocenters. The minimum absolute atomic E-state index is 0.472. The van der Waals surface area contributed by atoms with Crippen LogP contribution in [0, 0.1) is 0 Å². The summed E-state index contributed by atoms with van der Waals surface area (Å²) in [4.78, 5) is 0. The van der Waals surface area contributed by atoms with Crippen LogP contribution in [0.4, 0.5) is 0 Å². The summed E-state index contributed by atoms with van der Waals surface area (Å²) < 4.78 is 17.5. The van der Waals surface area contributed by atoms with E-state index in [0.717, 1.165) is 31.7 Å². The van der Waals surface area contributed by atoms with Gasteiger partial charge in [0.05, 0.1) is 39.2 Å². The number of nitrogens with zero attached hydrogens (tertiary/aromatic N) is 3. The van der Waals surface area contributed by atoms with E-state index in [9.17, 15) is 0 Å². The highest BCUT2D eigenvalue weighted by Crippen LogP contribution is 1.96. The van der Waals surface area contributed by atoms with Gasteiger partial charge in [-0.05, 0) is 6.42 Å². The first kappa shape index (κ1) is 15.1. The maximum absolute atomic E-state index is 5.46. The van der Waals surface area contributed by atoms with Crippen molar-refractivity contribution in [2.24, 2.45) is 0 Å². The normalized spacial score (nSPS) is 11.0. The lowest BCUT2D eigenvalue weighted by atomic mass is 10.4. The zero-order valence-electron chi connectivity index (χ0n) is 11.3. The van der Waals surface area contributed by atoms with Gasteiger partial charge in [0.25, 0.3) is 0 Å². The molecular weight excluding hydrogens is 234 g/mol. The molecular formula is C12H23N3O3. The zero-order valence-corrected chi connectivity index (χ0v) is 11.3. The van der Waals surface area contributed by atoms with Gasteiger partial charge in [-0.25, -0.2) is 4.68 Å².